The van der Waals surface area contributed by atoms with Crippen LogP contribution in [0.1, 0.15) is 37.0 Å². The van der Waals surface area contributed by atoms with Gasteiger partial charge in [-0.3, -0.25) is 13.9 Å². The summed E-state index contributed by atoms with van der Waals surface area (Å²) in [5, 5.41) is 3.24. The largest absolute Gasteiger partial charge is 0.355 e. The molecule has 38 heavy (non-hydrogen) atoms. The highest BCUT2D eigenvalue weighted by Crippen LogP contribution is 2.26. The third-order valence-corrected chi connectivity index (χ3v) is 8.40. The van der Waals surface area contributed by atoms with E-state index in [4.69, 9.17) is 11.6 Å². The molecule has 0 aliphatic heterocycles. The van der Waals surface area contributed by atoms with Crippen LogP contribution in [0.4, 0.5) is 5.69 Å². The zero-order valence-corrected chi connectivity index (χ0v) is 23.7. The molecule has 0 bridgehead atoms. The minimum absolute atomic E-state index is 0.0560. The molecule has 0 heterocycles. The lowest BCUT2D eigenvalue weighted by molar-refractivity contribution is -0.140. The molecule has 0 fully saturated rings. The van der Waals surface area contributed by atoms with Crippen LogP contribution >= 0.6 is 11.6 Å². The molecular weight excluding hydrogens is 522 g/mol. The third kappa shape index (κ3) is 6.94. The number of anilines is 1. The van der Waals surface area contributed by atoms with E-state index < -0.39 is 28.5 Å². The maximum Gasteiger partial charge on any atom is 0.264 e. The molecule has 3 aromatic carbocycles. The number of benzene rings is 3. The zero-order chi connectivity index (χ0) is 27.9. The second kappa shape index (κ2) is 12.9. The molecular formula is C29H34ClN3O4S. The number of carbonyl (C=O) groups excluding carboxylic acids is 2. The summed E-state index contributed by atoms with van der Waals surface area (Å²) >= 11 is 6.40. The lowest BCUT2D eigenvalue weighted by Gasteiger charge is -2.33. The average Bonchev–Trinajstić information content (AvgIpc) is 2.89. The Kier molecular flexibility index (Phi) is 9.94. The van der Waals surface area contributed by atoms with Crippen LogP contribution in [-0.2, 0) is 26.2 Å². The standard InChI is InChI=1S/C29H34ClN3O4S/c1-5-27(29(35)31-6-2)32(19-23-9-7-8-10-26(23)30)28(34)20-33(24-15-11-21(3)12-16-24)38(36,37)25-17-13-22(4)14-18-25/h7-18,27H,5-6,19-20H2,1-4H3,(H,31,35). The predicted molar refractivity (Wildman–Crippen MR) is 152 cm³/mol. The molecule has 3 rings (SSSR count). The molecule has 0 aliphatic carbocycles. The summed E-state index contributed by atoms with van der Waals surface area (Å²) in [6.07, 6.45) is 0.345. The van der Waals surface area contributed by atoms with Gasteiger partial charge in [0.2, 0.25) is 11.8 Å². The van der Waals surface area contributed by atoms with Crippen molar-refractivity contribution in [3.05, 3.63) is 94.5 Å². The lowest BCUT2D eigenvalue weighted by Crippen LogP contribution is -2.52. The van der Waals surface area contributed by atoms with Crippen molar-refractivity contribution in [2.24, 2.45) is 0 Å². The molecule has 0 aliphatic rings. The van der Waals surface area contributed by atoms with Crippen LogP contribution in [0.15, 0.2) is 77.7 Å². The van der Waals surface area contributed by atoms with Crippen molar-refractivity contribution in [1.82, 2.24) is 10.2 Å². The monoisotopic (exact) mass is 555 g/mol. The average molecular weight is 556 g/mol. The molecule has 1 unspecified atom stereocenters. The van der Waals surface area contributed by atoms with E-state index >= 15 is 0 Å². The number of carbonyl (C=O) groups is 2. The predicted octanol–water partition coefficient (Wildman–Crippen LogP) is 5.10. The van der Waals surface area contributed by atoms with Crippen molar-refractivity contribution < 1.29 is 18.0 Å². The van der Waals surface area contributed by atoms with Gasteiger partial charge in [-0.2, -0.15) is 0 Å². The summed E-state index contributed by atoms with van der Waals surface area (Å²) in [6.45, 7) is 7.36. The highest BCUT2D eigenvalue weighted by Gasteiger charge is 2.33. The van der Waals surface area contributed by atoms with Gasteiger partial charge in [-0.15, -0.1) is 0 Å². The SMILES string of the molecule is CCNC(=O)C(CC)N(Cc1ccccc1Cl)C(=O)CN(c1ccc(C)cc1)S(=O)(=O)c1ccc(C)cc1. The van der Waals surface area contributed by atoms with Crippen LogP contribution in [-0.4, -0.2) is 44.3 Å². The molecule has 1 atom stereocenters. The highest BCUT2D eigenvalue weighted by atomic mass is 35.5. The molecule has 7 nitrogen and oxygen atoms in total. The summed E-state index contributed by atoms with van der Waals surface area (Å²) in [5.41, 5.74) is 2.89. The first kappa shape index (κ1) is 29.2. The van der Waals surface area contributed by atoms with E-state index in [1.165, 1.54) is 17.0 Å². The summed E-state index contributed by atoms with van der Waals surface area (Å²) in [6, 6.07) is 19.7. The van der Waals surface area contributed by atoms with Crippen molar-refractivity contribution in [1.29, 1.82) is 0 Å². The first-order valence-electron chi connectivity index (χ1n) is 12.5. The Morgan fingerprint density at radius 2 is 1.47 bits per heavy atom. The number of hydrogen-bond donors (Lipinski definition) is 1. The van der Waals surface area contributed by atoms with Gasteiger partial charge in [0.1, 0.15) is 12.6 Å². The van der Waals surface area contributed by atoms with E-state index in [1.54, 1.807) is 67.6 Å². The fourth-order valence-electron chi connectivity index (χ4n) is 4.10. The van der Waals surface area contributed by atoms with Crippen LogP contribution < -0.4 is 9.62 Å². The van der Waals surface area contributed by atoms with E-state index in [2.05, 4.69) is 5.32 Å². The molecule has 2 amide bonds. The number of nitrogens with one attached hydrogen (secondary N) is 1. The van der Waals surface area contributed by atoms with Crippen LogP contribution in [0.3, 0.4) is 0 Å². The number of nitrogens with zero attached hydrogens (tertiary/aromatic N) is 2. The van der Waals surface area contributed by atoms with Crippen LogP contribution in [0, 0.1) is 13.8 Å². The number of sulfonamides is 1. The minimum Gasteiger partial charge on any atom is -0.355 e. The van der Waals surface area contributed by atoms with Crippen LogP contribution in [0.2, 0.25) is 5.02 Å². The van der Waals surface area contributed by atoms with Gasteiger partial charge in [-0.05, 0) is 63.1 Å². The summed E-state index contributed by atoms with van der Waals surface area (Å²) in [5.74, 6) is -0.821. The lowest BCUT2D eigenvalue weighted by atomic mass is 10.1. The molecule has 0 radical (unpaired) electrons. The Hall–Kier alpha value is -3.36. The maximum absolute atomic E-state index is 13.9. The molecule has 0 saturated heterocycles. The second-order valence-corrected chi connectivity index (χ2v) is 11.4. The van der Waals surface area contributed by atoms with Gasteiger partial charge in [-0.25, -0.2) is 8.42 Å². The van der Waals surface area contributed by atoms with E-state index in [1.807, 2.05) is 20.8 Å². The van der Waals surface area contributed by atoms with Crippen molar-refractivity contribution in [3.63, 3.8) is 0 Å². The molecule has 0 saturated carbocycles. The number of amides is 2. The Labute approximate surface area is 230 Å². The number of aryl methyl sites for hydroxylation is 2. The second-order valence-electron chi connectivity index (χ2n) is 9.09. The van der Waals surface area contributed by atoms with Crippen molar-refractivity contribution >= 4 is 39.1 Å². The molecule has 202 valence electrons. The van der Waals surface area contributed by atoms with Gasteiger partial charge < -0.3 is 10.2 Å². The first-order valence-corrected chi connectivity index (χ1v) is 14.4. The van der Waals surface area contributed by atoms with Crippen molar-refractivity contribution in [2.45, 2.75) is 51.6 Å². The van der Waals surface area contributed by atoms with Gasteiger partial charge in [-0.1, -0.05) is 72.1 Å². The van der Waals surface area contributed by atoms with E-state index in [0.29, 0.717) is 29.2 Å². The molecule has 0 aromatic heterocycles. The Morgan fingerprint density at radius 3 is 2.03 bits per heavy atom. The number of hydrogen-bond acceptors (Lipinski definition) is 4. The van der Waals surface area contributed by atoms with Crippen LogP contribution in [0.5, 0.6) is 0 Å². The Bertz CT molecular complexity index is 1360. The summed E-state index contributed by atoms with van der Waals surface area (Å²) in [7, 11) is -4.10. The third-order valence-electron chi connectivity index (χ3n) is 6.25. The molecule has 1 N–H and O–H groups in total. The van der Waals surface area contributed by atoms with Crippen LogP contribution in [0.25, 0.3) is 0 Å². The quantitative estimate of drug-likeness (QED) is 0.357. The highest BCUT2D eigenvalue weighted by molar-refractivity contribution is 7.92. The normalized spacial score (nSPS) is 12.0. The Balaban J connectivity index is 2.06. The van der Waals surface area contributed by atoms with Gasteiger partial charge in [0, 0.05) is 18.1 Å². The topological polar surface area (TPSA) is 86.8 Å². The summed E-state index contributed by atoms with van der Waals surface area (Å²) in [4.78, 5) is 28.4. The summed E-state index contributed by atoms with van der Waals surface area (Å²) < 4.78 is 28.8. The van der Waals surface area contributed by atoms with Gasteiger partial charge >= 0.3 is 0 Å². The van der Waals surface area contributed by atoms with Gasteiger partial charge in [0.05, 0.1) is 10.6 Å². The van der Waals surface area contributed by atoms with E-state index in [9.17, 15) is 18.0 Å². The fraction of sp³-hybridized carbons (Fsp3) is 0.310. The smallest absolute Gasteiger partial charge is 0.264 e. The molecule has 9 heteroatoms. The van der Waals surface area contributed by atoms with Crippen molar-refractivity contribution in [2.75, 3.05) is 17.4 Å². The number of rotatable bonds is 11. The van der Waals surface area contributed by atoms with E-state index in [0.717, 1.165) is 15.4 Å². The molecule has 0 spiro atoms. The van der Waals surface area contributed by atoms with Crippen molar-refractivity contribution in [3.8, 4) is 0 Å². The first-order chi connectivity index (χ1) is 18.1. The Morgan fingerprint density at radius 1 is 0.895 bits per heavy atom. The zero-order valence-electron chi connectivity index (χ0n) is 22.1. The number of halogens is 1. The minimum atomic E-state index is -4.10. The van der Waals surface area contributed by atoms with Gasteiger partial charge in [0.25, 0.3) is 10.0 Å². The fourth-order valence-corrected chi connectivity index (χ4v) is 5.71. The molecule has 3 aromatic rings. The maximum atomic E-state index is 13.9. The number of likely N-dealkylation sites (N-methyl/N-ethyl adjacent to an activating group) is 1. The van der Waals surface area contributed by atoms with E-state index in [-0.39, 0.29) is 17.3 Å². The van der Waals surface area contributed by atoms with Gasteiger partial charge in [0.15, 0.2) is 0 Å².